The summed E-state index contributed by atoms with van der Waals surface area (Å²) in [6, 6.07) is 26.9. The Morgan fingerprint density at radius 3 is 0.968 bits per heavy atom. The molecule has 3 aromatic rings. The van der Waals surface area contributed by atoms with Gasteiger partial charge < -0.3 is 14.7 Å². The minimum Gasteiger partial charge on any atom is -0.305 e. The van der Waals surface area contributed by atoms with Crippen molar-refractivity contribution in [2.45, 2.75) is 19.6 Å². The van der Waals surface area contributed by atoms with Crippen LogP contribution in [0.2, 0.25) is 0 Å². The molecule has 3 nitrogen and oxygen atoms in total. The van der Waals surface area contributed by atoms with Crippen LogP contribution in [0.3, 0.4) is 0 Å². The van der Waals surface area contributed by atoms with Gasteiger partial charge in [0.1, 0.15) is 0 Å². The zero-order chi connectivity index (χ0) is 22.4. The number of rotatable bonds is 9. The van der Waals surface area contributed by atoms with Gasteiger partial charge in [-0.05, 0) is 59.0 Å². The van der Waals surface area contributed by atoms with Gasteiger partial charge in [-0.3, -0.25) is 0 Å². The highest BCUT2D eigenvalue weighted by molar-refractivity contribution is 6.96. The van der Waals surface area contributed by atoms with E-state index < -0.39 is 0 Å². The Balaban J connectivity index is 2.26. The van der Waals surface area contributed by atoms with Gasteiger partial charge in [0, 0.05) is 19.6 Å². The SMILES string of the molecule is CN(C)Cc1ccccc1B(c1ccccc1CN(C)C)c1ccccc1CN(C)C. The molecule has 31 heavy (non-hydrogen) atoms. The first-order valence-electron chi connectivity index (χ1n) is 11.0. The standard InChI is InChI=1S/C27H36BN3/c1-29(2)19-22-13-7-10-16-25(22)28(26-17-11-8-14-23(26)20-30(3)4)27-18-12-9-15-24(27)21-31(5)6/h7-18H,19-21H2,1-6H3. The van der Waals surface area contributed by atoms with Gasteiger partial charge in [0.25, 0.3) is 0 Å². The van der Waals surface area contributed by atoms with E-state index in [-0.39, 0.29) is 6.71 Å². The first-order chi connectivity index (χ1) is 14.9. The fourth-order valence-electron chi connectivity index (χ4n) is 4.40. The lowest BCUT2D eigenvalue weighted by Gasteiger charge is -2.26. The molecule has 0 aliphatic heterocycles. The third kappa shape index (κ3) is 6.07. The molecule has 0 amide bonds. The molecule has 0 aliphatic carbocycles. The van der Waals surface area contributed by atoms with E-state index in [9.17, 15) is 0 Å². The van der Waals surface area contributed by atoms with Gasteiger partial charge >= 0.3 is 0 Å². The molecule has 0 unspecified atom stereocenters. The molecule has 0 atom stereocenters. The number of benzene rings is 3. The van der Waals surface area contributed by atoms with E-state index in [1.165, 1.54) is 33.1 Å². The molecule has 0 aliphatic rings. The largest absolute Gasteiger partial charge is 0.305 e. The van der Waals surface area contributed by atoms with Crippen LogP contribution in [0.4, 0.5) is 0 Å². The van der Waals surface area contributed by atoms with E-state index >= 15 is 0 Å². The zero-order valence-electron chi connectivity index (χ0n) is 20.0. The van der Waals surface area contributed by atoms with Gasteiger partial charge in [-0.15, -0.1) is 0 Å². The van der Waals surface area contributed by atoms with Crippen molar-refractivity contribution >= 4 is 23.1 Å². The molecule has 3 aromatic carbocycles. The number of hydrogen-bond donors (Lipinski definition) is 0. The van der Waals surface area contributed by atoms with Gasteiger partial charge in [-0.2, -0.15) is 0 Å². The molecule has 0 bridgehead atoms. The molecule has 0 fully saturated rings. The van der Waals surface area contributed by atoms with Crippen LogP contribution in [0.1, 0.15) is 16.7 Å². The zero-order valence-corrected chi connectivity index (χ0v) is 20.0. The molecule has 0 saturated heterocycles. The van der Waals surface area contributed by atoms with E-state index in [4.69, 9.17) is 0 Å². The van der Waals surface area contributed by atoms with Crippen LogP contribution in [0.5, 0.6) is 0 Å². The number of nitrogens with zero attached hydrogens (tertiary/aromatic N) is 3. The van der Waals surface area contributed by atoms with Gasteiger partial charge in [-0.1, -0.05) is 89.2 Å². The molecule has 0 N–H and O–H groups in total. The van der Waals surface area contributed by atoms with Gasteiger partial charge in [0.2, 0.25) is 6.71 Å². The lowest BCUT2D eigenvalue weighted by Crippen LogP contribution is -2.56. The van der Waals surface area contributed by atoms with Crippen molar-refractivity contribution in [3.05, 3.63) is 89.5 Å². The van der Waals surface area contributed by atoms with E-state index in [0.717, 1.165) is 19.6 Å². The second-order valence-corrected chi connectivity index (χ2v) is 9.24. The van der Waals surface area contributed by atoms with Crippen molar-refractivity contribution in [2.75, 3.05) is 42.3 Å². The predicted molar refractivity (Wildman–Crippen MR) is 136 cm³/mol. The Kier molecular flexibility index (Phi) is 8.08. The maximum absolute atomic E-state index is 2.32. The average molecular weight is 413 g/mol. The molecule has 3 rings (SSSR count). The lowest BCUT2D eigenvalue weighted by atomic mass is 9.34. The third-order valence-electron chi connectivity index (χ3n) is 5.56. The Morgan fingerprint density at radius 2 is 0.710 bits per heavy atom. The molecular weight excluding hydrogens is 377 g/mol. The summed E-state index contributed by atoms with van der Waals surface area (Å²) in [6.07, 6.45) is 0. The first kappa shape index (κ1) is 23.3. The summed E-state index contributed by atoms with van der Waals surface area (Å²) in [7, 11) is 12.9. The van der Waals surface area contributed by atoms with Crippen LogP contribution in [-0.2, 0) is 19.6 Å². The highest BCUT2D eigenvalue weighted by atomic mass is 15.1. The summed E-state index contributed by atoms with van der Waals surface area (Å²) >= 11 is 0. The molecular formula is C27H36BN3. The van der Waals surface area contributed by atoms with Crippen LogP contribution < -0.4 is 16.4 Å². The molecule has 162 valence electrons. The molecule has 0 aromatic heterocycles. The Labute approximate surface area is 189 Å². The van der Waals surface area contributed by atoms with E-state index in [2.05, 4.69) is 130 Å². The van der Waals surface area contributed by atoms with E-state index in [1.54, 1.807) is 0 Å². The highest BCUT2D eigenvalue weighted by Gasteiger charge is 2.28. The summed E-state index contributed by atoms with van der Waals surface area (Å²) in [5.41, 5.74) is 8.35. The summed E-state index contributed by atoms with van der Waals surface area (Å²) in [4.78, 5) is 6.77. The van der Waals surface area contributed by atoms with Crippen molar-refractivity contribution in [1.82, 2.24) is 14.7 Å². The smallest absolute Gasteiger partial charge is 0.242 e. The van der Waals surface area contributed by atoms with Crippen molar-refractivity contribution in [2.24, 2.45) is 0 Å². The van der Waals surface area contributed by atoms with Crippen molar-refractivity contribution < 1.29 is 0 Å². The topological polar surface area (TPSA) is 9.72 Å². The quantitative estimate of drug-likeness (QED) is 0.499. The fraction of sp³-hybridized carbons (Fsp3) is 0.333. The van der Waals surface area contributed by atoms with Gasteiger partial charge in [0.15, 0.2) is 0 Å². The average Bonchev–Trinajstić information content (AvgIpc) is 2.70. The predicted octanol–water partition coefficient (Wildman–Crippen LogP) is 2.39. The summed E-state index contributed by atoms with van der Waals surface area (Å²) in [5, 5.41) is 0. The van der Waals surface area contributed by atoms with E-state index in [0.29, 0.717) is 0 Å². The maximum atomic E-state index is 2.32. The van der Waals surface area contributed by atoms with Crippen molar-refractivity contribution in [3.63, 3.8) is 0 Å². The number of hydrogen-bond acceptors (Lipinski definition) is 3. The van der Waals surface area contributed by atoms with E-state index in [1.807, 2.05) is 0 Å². The molecule has 4 heteroatoms. The van der Waals surface area contributed by atoms with Crippen molar-refractivity contribution in [3.8, 4) is 0 Å². The minimum atomic E-state index is 0.198. The van der Waals surface area contributed by atoms with Gasteiger partial charge in [-0.25, -0.2) is 0 Å². The Hall–Kier alpha value is -2.40. The molecule has 0 radical (unpaired) electrons. The lowest BCUT2D eigenvalue weighted by molar-refractivity contribution is 0.403. The highest BCUT2D eigenvalue weighted by Crippen LogP contribution is 2.10. The van der Waals surface area contributed by atoms with Gasteiger partial charge in [0.05, 0.1) is 0 Å². The van der Waals surface area contributed by atoms with Crippen LogP contribution >= 0.6 is 0 Å². The minimum absolute atomic E-state index is 0.198. The first-order valence-corrected chi connectivity index (χ1v) is 11.0. The normalized spacial score (nSPS) is 11.5. The second-order valence-electron chi connectivity index (χ2n) is 9.24. The maximum Gasteiger partial charge on any atom is 0.242 e. The van der Waals surface area contributed by atoms with Crippen LogP contribution in [0, 0.1) is 0 Å². The third-order valence-corrected chi connectivity index (χ3v) is 5.56. The Bertz CT molecular complexity index is 854. The summed E-state index contributed by atoms with van der Waals surface area (Å²) < 4.78 is 0. The molecule has 0 heterocycles. The summed E-state index contributed by atoms with van der Waals surface area (Å²) in [6.45, 7) is 2.98. The van der Waals surface area contributed by atoms with Crippen molar-refractivity contribution in [1.29, 1.82) is 0 Å². The summed E-state index contributed by atoms with van der Waals surface area (Å²) in [5.74, 6) is 0. The Morgan fingerprint density at radius 1 is 0.452 bits per heavy atom. The second kappa shape index (κ2) is 10.8. The molecule has 0 saturated carbocycles. The van der Waals surface area contributed by atoms with Crippen LogP contribution in [0.25, 0.3) is 0 Å². The fourth-order valence-corrected chi connectivity index (χ4v) is 4.40. The van der Waals surface area contributed by atoms with Crippen LogP contribution in [-0.4, -0.2) is 63.7 Å². The monoisotopic (exact) mass is 413 g/mol. The molecule has 0 spiro atoms. The van der Waals surface area contributed by atoms with Crippen LogP contribution in [0.15, 0.2) is 72.8 Å².